The molecule has 10 aromatic rings. The van der Waals surface area contributed by atoms with Crippen molar-refractivity contribution < 1.29 is 34.0 Å². The number of hydrogen-bond donors (Lipinski definition) is 4. The number of carbonyl (C=O) groups is 2. The number of nitrogens with zero attached hydrogens (tertiary/aromatic N) is 3. The summed E-state index contributed by atoms with van der Waals surface area (Å²) in [5, 5.41) is 33.2. The number of para-hydroxylation sites is 2. The number of aromatic hydroxyl groups is 2. The van der Waals surface area contributed by atoms with E-state index in [2.05, 4.69) is 25.6 Å². The van der Waals surface area contributed by atoms with Crippen molar-refractivity contribution in [3.8, 4) is 28.7 Å². The van der Waals surface area contributed by atoms with Crippen LogP contribution in [0.5, 0.6) is 28.7 Å². The molecule has 0 saturated heterocycles. The lowest BCUT2D eigenvalue weighted by Gasteiger charge is -2.24. The fraction of sp³-hybridized carbons (Fsp3) is 0.0893. The minimum atomic E-state index is -0.739. The van der Waals surface area contributed by atoms with Gasteiger partial charge in [-0.05, 0) is 95.4 Å². The zero-order valence-corrected chi connectivity index (χ0v) is 38.9. The van der Waals surface area contributed by atoms with E-state index in [1.165, 1.54) is 0 Å². The second-order valence-corrected chi connectivity index (χ2v) is 16.7. The molecule has 70 heavy (non-hydrogen) atoms. The maximum absolute atomic E-state index is 13.1. The number of hydrogen-bond acceptors (Lipinski definition) is 10. The van der Waals surface area contributed by atoms with Gasteiger partial charge in [0.15, 0.2) is 13.2 Å². The first-order valence-electron chi connectivity index (χ1n) is 22.0. The normalized spacial score (nSPS) is 11.9. The van der Waals surface area contributed by atoms with E-state index < -0.39 is 12.1 Å². The number of phenols is 2. The highest BCUT2D eigenvalue weighted by molar-refractivity contribution is 6.36. The lowest BCUT2D eigenvalue weighted by atomic mass is 9.91. The minimum absolute atomic E-state index is 0.0461. The molecule has 0 aliphatic rings. The lowest BCUT2D eigenvalue weighted by Crippen LogP contribution is -2.33. The summed E-state index contributed by atoms with van der Waals surface area (Å²) in [7, 11) is 1.61. The third-order valence-corrected chi connectivity index (χ3v) is 12.2. The van der Waals surface area contributed by atoms with Crippen LogP contribution in [0.3, 0.4) is 0 Å². The van der Waals surface area contributed by atoms with Gasteiger partial charge in [0.25, 0.3) is 11.8 Å². The monoisotopic (exact) mass is 967 g/mol. The Morgan fingerprint density at radius 2 is 0.957 bits per heavy atom. The van der Waals surface area contributed by atoms with Gasteiger partial charge in [-0.1, -0.05) is 108 Å². The number of ether oxygens (including phenoxy) is 3. The molecule has 10 rings (SSSR count). The van der Waals surface area contributed by atoms with E-state index in [1.54, 1.807) is 86.4 Å². The third kappa shape index (κ3) is 10.0. The average Bonchev–Trinajstić information content (AvgIpc) is 3.41. The van der Waals surface area contributed by atoms with Gasteiger partial charge in [0.2, 0.25) is 0 Å². The van der Waals surface area contributed by atoms with Crippen molar-refractivity contribution >= 4 is 78.5 Å². The summed E-state index contributed by atoms with van der Waals surface area (Å²) in [6.07, 6.45) is 4.89. The van der Waals surface area contributed by atoms with Gasteiger partial charge in [-0.2, -0.15) is 0 Å². The summed E-state index contributed by atoms with van der Waals surface area (Å²) in [6.45, 7) is -0.390. The van der Waals surface area contributed by atoms with Crippen LogP contribution < -0.4 is 24.8 Å². The Hall–Kier alpha value is -8.45. The summed E-state index contributed by atoms with van der Waals surface area (Å²) in [5.74, 6) is 1.06. The molecule has 0 aliphatic carbocycles. The number of rotatable bonds is 13. The Labute approximate surface area is 412 Å². The van der Waals surface area contributed by atoms with Gasteiger partial charge < -0.3 is 35.1 Å². The first-order chi connectivity index (χ1) is 34.2. The molecule has 3 aromatic heterocycles. The fourth-order valence-electron chi connectivity index (χ4n) is 8.34. The van der Waals surface area contributed by atoms with E-state index in [4.69, 9.17) is 37.4 Å². The number of benzene rings is 7. The van der Waals surface area contributed by atoms with Crippen LogP contribution >= 0.6 is 23.2 Å². The quantitative estimate of drug-likeness (QED) is 0.0874. The van der Waals surface area contributed by atoms with Crippen LogP contribution in [0.4, 0.5) is 0 Å². The van der Waals surface area contributed by atoms with Gasteiger partial charge in [-0.15, -0.1) is 0 Å². The van der Waals surface area contributed by atoms with Gasteiger partial charge in [0.05, 0.1) is 34.8 Å². The SMILES string of the molecule is COc1ccc(C(NC(=O)COc2ccccc2)c2cc(Cl)c3cccnc3c2O)c2ccccc12.O=C(COc1ccccc1)NC(c1cc(Cl)c2cccnc2c1O)c1cccc2ncccc12. The average molecular weight is 969 g/mol. The molecule has 12 nitrogen and oxygen atoms in total. The number of phenolic OH excluding ortho intramolecular Hbond substituents is 2. The second-order valence-electron chi connectivity index (χ2n) is 15.9. The first-order valence-corrected chi connectivity index (χ1v) is 22.8. The Balaban J connectivity index is 0.000000174. The fourth-order valence-corrected chi connectivity index (χ4v) is 8.88. The molecule has 3 heterocycles. The Morgan fingerprint density at radius 3 is 1.49 bits per heavy atom. The Bertz CT molecular complexity index is 3510. The molecule has 0 saturated carbocycles. The molecule has 7 aromatic carbocycles. The van der Waals surface area contributed by atoms with E-state index in [0.29, 0.717) is 60.2 Å². The van der Waals surface area contributed by atoms with Gasteiger partial charge >= 0.3 is 0 Å². The number of methoxy groups -OCH3 is 1. The number of carbonyl (C=O) groups excluding carboxylic acids is 2. The Kier molecular flexibility index (Phi) is 14.2. The van der Waals surface area contributed by atoms with Crippen molar-refractivity contribution in [2.24, 2.45) is 0 Å². The predicted octanol–water partition coefficient (Wildman–Crippen LogP) is 11.5. The molecule has 4 N–H and O–H groups in total. The Morgan fingerprint density at radius 1 is 0.500 bits per heavy atom. The van der Waals surface area contributed by atoms with Gasteiger partial charge in [-0.25, -0.2) is 0 Å². The van der Waals surface area contributed by atoms with E-state index >= 15 is 0 Å². The summed E-state index contributed by atoms with van der Waals surface area (Å²) in [4.78, 5) is 39.2. The van der Waals surface area contributed by atoms with Crippen molar-refractivity contribution in [3.05, 3.63) is 215 Å². The maximum Gasteiger partial charge on any atom is 0.258 e. The summed E-state index contributed by atoms with van der Waals surface area (Å²) < 4.78 is 16.8. The van der Waals surface area contributed by atoms with Crippen LogP contribution in [0.15, 0.2) is 182 Å². The highest BCUT2D eigenvalue weighted by atomic mass is 35.5. The highest BCUT2D eigenvalue weighted by Crippen LogP contribution is 2.42. The second kappa shape index (κ2) is 21.2. The minimum Gasteiger partial charge on any atom is -0.505 e. The van der Waals surface area contributed by atoms with Crippen molar-refractivity contribution in [2.75, 3.05) is 20.3 Å². The molecule has 2 amide bonds. The van der Waals surface area contributed by atoms with Gasteiger partial charge in [0.1, 0.15) is 39.8 Å². The number of pyridine rings is 3. The molecule has 14 heteroatoms. The molecule has 2 atom stereocenters. The molecular weight excluding hydrogens is 926 g/mol. The molecular formula is C56H43Cl2N5O7. The van der Waals surface area contributed by atoms with E-state index in [-0.39, 0.29) is 36.5 Å². The van der Waals surface area contributed by atoms with Crippen LogP contribution in [0.1, 0.15) is 34.3 Å². The molecule has 0 aliphatic heterocycles. The van der Waals surface area contributed by atoms with Crippen molar-refractivity contribution in [2.45, 2.75) is 12.1 Å². The standard InChI is InChI=1S/C29H23ClN2O4.C27H20ClN3O3/c1-35-25-14-13-21(19-10-5-6-11-20(19)25)27(32-26(33)17-36-18-8-3-2-4-9-18)23-16-24(30)22-12-7-15-31-28(22)29(23)34;28-22-15-21(27(33)26-20(22)11-6-14-30-26)25(19-9-4-12-23-18(19)10-5-13-29-23)31-24(32)16-34-17-7-2-1-3-8-17/h2-16,27,34H,17H2,1H3,(H,32,33);1-15,25,33H,16H2,(H,31,32). The van der Waals surface area contributed by atoms with Crippen molar-refractivity contribution in [1.82, 2.24) is 25.6 Å². The summed E-state index contributed by atoms with van der Waals surface area (Å²) in [6, 6.07) is 48.0. The van der Waals surface area contributed by atoms with Crippen LogP contribution in [0, 0.1) is 0 Å². The number of halogens is 2. The van der Waals surface area contributed by atoms with Gasteiger partial charge in [-0.3, -0.25) is 24.5 Å². The highest BCUT2D eigenvalue weighted by Gasteiger charge is 2.27. The molecule has 2 unspecified atom stereocenters. The lowest BCUT2D eigenvalue weighted by molar-refractivity contribution is -0.124. The summed E-state index contributed by atoms with van der Waals surface area (Å²) >= 11 is 13.2. The van der Waals surface area contributed by atoms with Gasteiger partial charge in [0, 0.05) is 51.3 Å². The number of fused-ring (bicyclic) bond motifs is 4. The zero-order valence-electron chi connectivity index (χ0n) is 37.4. The predicted molar refractivity (Wildman–Crippen MR) is 273 cm³/mol. The molecule has 348 valence electrons. The maximum atomic E-state index is 13.1. The van der Waals surface area contributed by atoms with Crippen LogP contribution in [-0.2, 0) is 9.59 Å². The van der Waals surface area contributed by atoms with E-state index in [0.717, 1.165) is 32.8 Å². The molecule has 0 radical (unpaired) electrons. The summed E-state index contributed by atoms with van der Waals surface area (Å²) in [5.41, 5.74) is 3.88. The van der Waals surface area contributed by atoms with Crippen LogP contribution in [0.25, 0.3) is 43.5 Å². The van der Waals surface area contributed by atoms with Crippen molar-refractivity contribution in [1.29, 1.82) is 0 Å². The number of aromatic nitrogens is 3. The third-order valence-electron chi connectivity index (χ3n) is 11.6. The van der Waals surface area contributed by atoms with E-state index in [9.17, 15) is 19.8 Å². The number of amides is 2. The van der Waals surface area contributed by atoms with Crippen LogP contribution in [-0.4, -0.2) is 57.3 Å². The molecule has 0 bridgehead atoms. The molecule has 0 fully saturated rings. The van der Waals surface area contributed by atoms with Crippen molar-refractivity contribution in [3.63, 3.8) is 0 Å². The van der Waals surface area contributed by atoms with Crippen LogP contribution in [0.2, 0.25) is 10.0 Å². The first kappa shape index (κ1) is 46.7. The topological polar surface area (TPSA) is 165 Å². The smallest absolute Gasteiger partial charge is 0.258 e. The molecule has 0 spiro atoms. The zero-order chi connectivity index (χ0) is 48.6. The van der Waals surface area contributed by atoms with E-state index in [1.807, 2.05) is 103 Å². The number of nitrogens with one attached hydrogen (secondary N) is 2. The largest absolute Gasteiger partial charge is 0.505 e.